The highest BCUT2D eigenvalue weighted by Gasteiger charge is 2.24. The maximum absolute atomic E-state index is 13.3. The Balaban J connectivity index is 1.46. The first-order chi connectivity index (χ1) is 16.6. The van der Waals surface area contributed by atoms with Gasteiger partial charge in [-0.1, -0.05) is 0 Å². The Bertz CT molecular complexity index is 1100. The molecular formula is C25H30N4O5. The molecule has 1 aliphatic heterocycles. The molecule has 1 saturated heterocycles. The van der Waals surface area contributed by atoms with Crippen molar-refractivity contribution in [2.45, 2.75) is 6.42 Å². The highest BCUT2D eigenvalue weighted by Crippen LogP contribution is 2.38. The lowest BCUT2D eigenvalue weighted by molar-refractivity contribution is 0.0766. The van der Waals surface area contributed by atoms with E-state index in [1.807, 2.05) is 35.2 Å². The summed E-state index contributed by atoms with van der Waals surface area (Å²) in [6, 6.07) is 13.3. The smallest absolute Gasteiger partial charge is 0.254 e. The largest absolute Gasteiger partial charge is 0.497 e. The summed E-state index contributed by atoms with van der Waals surface area (Å²) in [6.07, 6.45) is 0.834. The molecule has 1 N–H and O–H groups in total. The molecule has 0 spiro atoms. The summed E-state index contributed by atoms with van der Waals surface area (Å²) >= 11 is 0. The Morgan fingerprint density at radius 3 is 2.18 bits per heavy atom. The average molecular weight is 467 g/mol. The number of hydrogen-bond donors (Lipinski definition) is 1. The number of aromatic amines is 1. The molecule has 0 radical (unpaired) electrons. The van der Waals surface area contributed by atoms with E-state index in [1.165, 1.54) is 0 Å². The summed E-state index contributed by atoms with van der Waals surface area (Å²) in [7, 11) is 6.28. The fourth-order valence-corrected chi connectivity index (χ4v) is 4.13. The van der Waals surface area contributed by atoms with E-state index in [0.29, 0.717) is 42.4 Å². The summed E-state index contributed by atoms with van der Waals surface area (Å²) in [5, 5.41) is 7.63. The first-order valence-electron chi connectivity index (χ1n) is 11.1. The first-order valence-corrected chi connectivity index (χ1v) is 11.1. The quantitative estimate of drug-likeness (QED) is 0.570. The Morgan fingerprint density at radius 1 is 0.853 bits per heavy atom. The van der Waals surface area contributed by atoms with Gasteiger partial charge in [0.25, 0.3) is 5.91 Å². The van der Waals surface area contributed by atoms with Crippen LogP contribution < -0.4 is 23.8 Å². The molecular weight excluding hydrogens is 436 g/mol. The van der Waals surface area contributed by atoms with Crippen molar-refractivity contribution in [3.05, 3.63) is 48.0 Å². The van der Waals surface area contributed by atoms with E-state index in [9.17, 15) is 4.79 Å². The first kappa shape index (κ1) is 23.3. The summed E-state index contributed by atoms with van der Waals surface area (Å²) in [6.45, 7) is 2.73. The Kier molecular flexibility index (Phi) is 7.10. The van der Waals surface area contributed by atoms with Crippen LogP contribution >= 0.6 is 0 Å². The van der Waals surface area contributed by atoms with Gasteiger partial charge >= 0.3 is 0 Å². The van der Waals surface area contributed by atoms with Gasteiger partial charge in [0.1, 0.15) is 5.75 Å². The number of H-pyrrole nitrogens is 1. The lowest BCUT2D eigenvalue weighted by Crippen LogP contribution is -2.35. The molecule has 0 atom stereocenters. The van der Waals surface area contributed by atoms with Gasteiger partial charge in [0, 0.05) is 37.8 Å². The van der Waals surface area contributed by atoms with Gasteiger partial charge in [0.15, 0.2) is 17.3 Å². The van der Waals surface area contributed by atoms with Crippen LogP contribution in [-0.2, 0) is 0 Å². The van der Waals surface area contributed by atoms with E-state index < -0.39 is 0 Å². The molecule has 34 heavy (non-hydrogen) atoms. The van der Waals surface area contributed by atoms with E-state index >= 15 is 0 Å². The third kappa shape index (κ3) is 4.73. The van der Waals surface area contributed by atoms with E-state index in [0.717, 1.165) is 35.8 Å². The predicted octanol–water partition coefficient (Wildman–Crippen LogP) is 3.46. The third-order valence-corrected chi connectivity index (χ3v) is 5.98. The number of anilines is 1. The summed E-state index contributed by atoms with van der Waals surface area (Å²) in [5.74, 6) is 3.01. The number of carbonyl (C=O) groups excluding carboxylic acids is 1. The van der Waals surface area contributed by atoms with Crippen molar-refractivity contribution in [1.82, 2.24) is 15.1 Å². The number of benzene rings is 2. The molecule has 1 fully saturated rings. The molecule has 2 heterocycles. The zero-order valence-electron chi connectivity index (χ0n) is 20.0. The molecule has 0 aliphatic carbocycles. The molecule has 3 aromatic rings. The molecule has 9 nitrogen and oxygen atoms in total. The maximum Gasteiger partial charge on any atom is 0.254 e. The minimum atomic E-state index is -0.0675. The number of rotatable bonds is 7. The number of methoxy groups -OCH3 is 4. The lowest BCUT2D eigenvalue weighted by Gasteiger charge is -2.22. The second kappa shape index (κ2) is 10.4. The number of nitrogens with one attached hydrogen (secondary N) is 1. The second-order valence-corrected chi connectivity index (χ2v) is 7.92. The number of amides is 1. The van der Waals surface area contributed by atoms with Gasteiger partial charge in [-0.05, 0) is 48.4 Å². The molecule has 2 aromatic carbocycles. The molecule has 9 heteroatoms. The maximum atomic E-state index is 13.3. The van der Waals surface area contributed by atoms with Crippen LogP contribution in [0.5, 0.6) is 23.0 Å². The van der Waals surface area contributed by atoms with Gasteiger partial charge in [0.05, 0.1) is 34.1 Å². The number of nitrogens with zero attached hydrogens (tertiary/aromatic N) is 3. The molecule has 1 aromatic heterocycles. The van der Waals surface area contributed by atoms with Crippen LogP contribution in [0.2, 0.25) is 0 Å². The standard InChI is InChI=1S/C25H30N4O5/c1-31-19-8-6-17(7-9-19)20-16-23(27-26-20)28-10-5-11-29(13-12-28)25(30)18-14-21(32-2)24(34-4)22(15-18)33-3/h6-9,14-16H,5,10-13H2,1-4H3,(H,26,27). The topological polar surface area (TPSA) is 89.2 Å². The molecule has 1 amide bonds. The summed E-state index contributed by atoms with van der Waals surface area (Å²) < 4.78 is 21.4. The molecule has 180 valence electrons. The van der Waals surface area contributed by atoms with Crippen LogP contribution in [0.4, 0.5) is 5.82 Å². The minimum Gasteiger partial charge on any atom is -0.497 e. The number of aromatic nitrogens is 2. The van der Waals surface area contributed by atoms with Gasteiger partial charge in [0.2, 0.25) is 5.75 Å². The van der Waals surface area contributed by atoms with E-state index in [2.05, 4.69) is 15.1 Å². The Morgan fingerprint density at radius 2 is 1.56 bits per heavy atom. The minimum absolute atomic E-state index is 0.0675. The van der Waals surface area contributed by atoms with Crippen molar-refractivity contribution in [2.75, 3.05) is 59.5 Å². The fourth-order valence-electron chi connectivity index (χ4n) is 4.13. The van der Waals surface area contributed by atoms with Gasteiger partial charge < -0.3 is 28.7 Å². The van der Waals surface area contributed by atoms with Crippen LogP contribution in [0.15, 0.2) is 42.5 Å². The Hall–Kier alpha value is -3.88. The van der Waals surface area contributed by atoms with Crippen molar-refractivity contribution in [1.29, 1.82) is 0 Å². The third-order valence-electron chi connectivity index (χ3n) is 5.98. The van der Waals surface area contributed by atoms with Crippen LogP contribution in [-0.4, -0.2) is 75.6 Å². The average Bonchev–Trinajstić information content (AvgIpc) is 3.25. The van der Waals surface area contributed by atoms with Crippen LogP contribution in [0.25, 0.3) is 11.3 Å². The van der Waals surface area contributed by atoms with Crippen molar-refractivity contribution in [3.63, 3.8) is 0 Å². The zero-order valence-corrected chi connectivity index (χ0v) is 20.0. The highest BCUT2D eigenvalue weighted by molar-refractivity contribution is 5.95. The van der Waals surface area contributed by atoms with Gasteiger partial charge in [-0.15, -0.1) is 0 Å². The monoisotopic (exact) mass is 466 g/mol. The summed E-state index contributed by atoms with van der Waals surface area (Å²) in [5.41, 5.74) is 2.48. The van der Waals surface area contributed by atoms with E-state index in [-0.39, 0.29) is 5.91 Å². The molecule has 1 aliphatic rings. The number of ether oxygens (including phenoxy) is 4. The second-order valence-electron chi connectivity index (χ2n) is 7.92. The van der Waals surface area contributed by atoms with Crippen LogP contribution in [0, 0.1) is 0 Å². The van der Waals surface area contributed by atoms with Crippen molar-refractivity contribution >= 4 is 11.7 Å². The molecule has 0 unspecified atom stereocenters. The van der Waals surface area contributed by atoms with Gasteiger partial charge in [-0.25, -0.2) is 0 Å². The molecule has 0 saturated carbocycles. The van der Waals surface area contributed by atoms with Crippen LogP contribution in [0.1, 0.15) is 16.8 Å². The van der Waals surface area contributed by atoms with Gasteiger partial charge in [-0.2, -0.15) is 5.10 Å². The highest BCUT2D eigenvalue weighted by atomic mass is 16.5. The molecule has 0 bridgehead atoms. The molecule has 4 rings (SSSR count). The predicted molar refractivity (Wildman–Crippen MR) is 129 cm³/mol. The Labute approximate surface area is 199 Å². The van der Waals surface area contributed by atoms with E-state index in [4.69, 9.17) is 18.9 Å². The van der Waals surface area contributed by atoms with E-state index in [1.54, 1.807) is 40.6 Å². The number of hydrogen-bond acceptors (Lipinski definition) is 7. The fraction of sp³-hybridized carbons (Fsp3) is 0.360. The SMILES string of the molecule is COc1ccc(-c2cc(N3CCCN(C(=O)c4cc(OC)c(OC)c(OC)c4)CC3)n[nH]2)cc1. The van der Waals surface area contributed by atoms with Crippen molar-refractivity contribution in [2.24, 2.45) is 0 Å². The van der Waals surface area contributed by atoms with Crippen molar-refractivity contribution < 1.29 is 23.7 Å². The summed E-state index contributed by atoms with van der Waals surface area (Å²) in [4.78, 5) is 17.4. The van der Waals surface area contributed by atoms with Gasteiger partial charge in [-0.3, -0.25) is 9.89 Å². The lowest BCUT2D eigenvalue weighted by atomic mass is 10.1. The number of carbonyl (C=O) groups is 1. The van der Waals surface area contributed by atoms with Crippen LogP contribution in [0.3, 0.4) is 0 Å². The van der Waals surface area contributed by atoms with Crippen molar-refractivity contribution in [3.8, 4) is 34.3 Å². The zero-order chi connectivity index (χ0) is 24.1. The normalized spacial score (nSPS) is 13.9.